The van der Waals surface area contributed by atoms with Crippen LogP contribution in [0.25, 0.3) is 0 Å². The van der Waals surface area contributed by atoms with Gasteiger partial charge < -0.3 is 10.5 Å². The van der Waals surface area contributed by atoms with Crippen LogP contribution in [0.15, 0.2) is 27.6 Å². The Kier molecular flexibility index (Phi) is 8.80. The predicted octanol–water partition coefficient (Wildman–Crippen LogP) is 2.53. The summed E-state index contributed by atoms with van der Waals surface area (Å²) in [6.07, 6.45) is 0.695. The van der Waals surface area contributed by atoms with Crippen LogP contribution in [0, 0.1) is 5.92 Å². The molecule has 8 heteroatoms. The fourth-order valence-corrected chi connectivity index (χ4v) is 3.80. The summed E-state index contributed by atoms with van der Waals surface area (Å²) in [4.78, 5) is 0.158. The number of halogens is 2. The average molecular weight is 402 g/mol. The highest BCUT2D eigenvalue weighted by molar-refractivity contribution is 9.10. The summed E-state index contributed by atoms with van der Waals surface area (Å²) in [6.45, 7) is 4.32. The number of sulfonamides is 1. The molecule has 0 heterocycles. The number of benzene rings is 1. The third-order valence-corrected chi connectivity index (χ3v) is 4.71. The van der Waals surface area contributed by atoms with Gasteiger partial charge >= 0.3 is 0 Å². The maximum atomic E-state index is 12.4. The summed E-state index contributed by atoms with van der Waals surface area (Å²) in [7, 11) is -2.12. The number of hydrogen-bond donors (Lipinski definition) is 2. The summed E-state index contributed by atoms with van der Waals surface area (Å²) < 4.78 is 33.1. The molecule has 0 fully saturated rings. The number of ether oxygens (including phenoxy) is 1. The van der Waals surface area contributed by atoms with Gasteiger partial charge in [-0.1, -0.05) is 29.8 Å². The van der Waals surface area contributed by atoms with Crippen LogP contribution in [0.1, 0.15) is 20.3 Å². The lowest BCUT2D eigenvalue weighted by Gasteiger charge is -2.19. The summed E-state index contributed by atoms with van der Waals surface area (Å²) in [5.74, 6) is 0.844. The standard InChI is InChI=1S/C13H21BrN2O3S.ClH/c1-9(2)4-11(8-15)16-20(17,18)13-6-10(14)5-12(7-13)19-3;/h5-7,9,11,16H,4,8,15H2,1-3H3;1H. The van der Waals surface area contributed by atoms with Crippen molar-refractivity contribution in [3.8, 4) is 5.75 Å². The van der Waals surface area contributed by atoms with Crippen LogP contribution in [0.3, 0.4) is 0 Å². The first-order valence-corrected chi connectivity index (χ1v) is 8.63. The van der Waals surface area contributed by atoms with E-state index in [9.17, 15) is 8.42 Å². The monoisotopic (exact) mass is 400 g/mol. The molecule has 0 aliphatic rings. The lowest BCUT2D eigenvalue weighted by atomic mass is 10.1. The first-order valence-electron chi connectivity index (χ1n) is 6.35. The van der Waals surface area contributed by atoms with Crippen molar-refractivity contribution < 1.29 is 13.2 Å². The molecule has 0 amide bonds. The molecule has 1 atom stereocenters. The van der Waals surface area contributed by atoms with E-state index in [1.54, 1.807) is 6.07 Å². The summed E-state index contributed by atoms with van der Waals surface area (Å²) >= 11 is 3.27. The fraction of sp³-hybridized carbons (Fsp3) is 0.538. The Hall–Kier alpha value is -0.340. The Bertz CT molecular complexity index is 552. The van der Waals surface area contributed by atoms with Crippen molar-refractivity contribution in [2.75, 3.05) is 13.7 Å². The normalized spacial score (nSPS) is 12.9. The van der Waals surface area contributed by atoms with Gasteiger partial charge in [0.05, 0.1) is 12.0 Å². The maximum absolute atomic E-state index is 12.4. The molecule has 1 aromatic rings. The zero-order valence-corrected chi connectivity index (χ0v) is 15.5. The Morgan fingerprint density at radius 2 is 1.95 bits per heavy atom. The number of nitrogens with two attached hydrogens (primary N) is 1. The average Bonchev–Trinajstić information content (AvgIpc) is 2.36. The zero-order valence-electron chi connectivity index (χ0n) is 12.3. The van der Waals surface area contributed by atoms with Crippen molar-refractivity contribution in [3.63, 3.8) is 0 Å². The highest BCUT2D eigenvalue weighted by Gasteiger charge is 2.21. The molecule has 0 aromatic heterocycles. The lowest BCUT2D eigenvalue weighted by molar-refractivity contribution is 0.413. The molecular formula is C13H22BrClN2O3S. The van der Waals surface area contributed by atoms with Crippen LogP contribution in [0.4, 0.5) is 0 Å². The summed E-state index contributed by atoms with van der Waals surface area (Å²) in [5, 5.41) is 0. The Morgan fingerprint density at radius 1 is 1.33 bits per heavy atom. The third-order valence-electron chi connectivity index (χ3n) is 2.75. The van der Waals surface area contributed by atoms with E-state index in [1.165, 1.54) is 19.2 Å². The molecule has 0 bridgehead atoms. The van der Waals surface area contributed by atoms with Gasteiger partial charge in [-0.2, -0.15) is 0 Å². The van der Waals surface area contributed by atoms with Gasteiger partial charge in [-0.3, -0.25) is 0 Å². The fourth-order valence-electron chi connectivity index (χ4n) is 1.86. The van der Waals surface area contributed by atoms with Crippen molar-refractivity contribution >= 4 is 38.4 Å². The first-order chi connectivity index (χ1) is 9.28. The molecule has 3 N–H and O–H groups in total. The second kappa shape index (κ2) is 8.95. The molecule has 0 aliphatic carbocycles. The van der Waals surface area contributed by atoms with Gasteiger partial charge in [0.25, 0.3) is 0 Å². The van der Waals surface area contributed by atoms with Crippen LogP contribution in [0.2, 0.25) is 0 Å². The predicted molar refractivity (Wildman–Crippen MR) is 90.6 cm³/mol. The highest BCUT2D eigenvalue weighted by atomic mass is 79.9. The first kappa shape index (κ1) is 20.7. The molecule has 0 aliphatic heterocycles. The second-order valence-electron chi connectivity index (χ2n) is 5.01. The van der Waals surface area contributed by atoms with Crippen molar-refractivity contribution in [1.82, 2.24) is 4.72 Å². The van der Waals surface area contributed by atoms with E-state index in [-0.39, 0.29) is 29.9 Å². The zero-order chi connectivity index (χ0) is 15.3. The van der Waals surface area contributed by atoms with Crippen molar-refractivity contribution in [3.05, 3.63) is 22.7 Å². The van der Waals surface area contributed by atoms with Gasteiger partial charge in [0.2, 0.25) is 10.0 Å². The van der Waals surface area contributed by atoms with Gasteiger partial charge in [-0.05, 0) is 24.5 Å². The van der Waals surface area contributed by atoms with Crippen molar-refractivity contribution in [2.45, 2.75) is 31.2 Å². The minimum absolute atomic E-state index is 0. The largest absolute Gasteiger partial charge is 0.497 e. The Balaban J connectivity index is 0.00000400. The van der Waals surface area contributed by atoms with Crippen LogP contribution >= 0.6 is 28.3 Å². The van der Waals surface area contributed by atoms with Gasteiger partial charge in [0, 0.05) is 23.1 Å². The van der Waals surface area contributed by atoms with Crippen LogP contribution in [-0.4, -0.2) is 28.1 Å². The van der Waals surface area contributed by atoms with Crippen LogP contribution < -0.4 is 15.2 Å². The van der Waals surface area contributed by atoms with E-state index in [0.717, 1.165) is 0 Å². The topological polar surface area (TPSA) is 81.4 Å². The third kappa shape index (κ3) is 6.52. The SMILES string of the molecule is COc1cc(Br)cc(S(=O)(=O)NC(CN)CC(C)C)c1.Cl. The lowest BCUT2D eigenvalue weighted by Crippen LogP contribution is -2.40. The number of rotatable bonds is 7. The highest BCUT2D eigenvalue weighted by Crippen LogP contribution is 2.24. The number of hydrogen-bond acceptors (Lipinski definition) is 4. The quantitative estimate of drug-likeness (QED) is 0.735. The number of nitrogens with one attached hydrogen (secondary N) is 1. The van der Waals surface area contributed by atoms with Crippen molar-refractivity contribution in [2.24, 2.45) is 11.7 Å². The molecule has 5 nitrogen and oxygen atoms in total. The number of methoxy groups -OCH3 is 1. The molecule has 0 saturated heterocycles. The van der Waals surface area contributed by atoms with Gasteiger partial charge in [0.1, 0.15) is 5.75 Å². The smallest absolute Gasteiger partial charge is 0.241 e. The molecule has 1 aromatic carbocycles. The molecule has 1 unspecified atom stereocenters. The van der Waals surface area contributed by atoms with E-state index in [4.69, 9.17) is 10.5 Å². The maximum Gasteiger partial charge on any atom is 0.241 e. The molecule has 122 valence electrons. The van der Waals surface area contributed by atoms with Crippen LogP contribution in [-0.2, 0) is 10.0 Å². The molecule has 0 saturated carbocycles. The van der Waals surface area contributed by atoms with Crippen molar-refractivity contribution in [1.29, 1.82) is 0 Å². The second-order valence-corrected chi connectivity index (χ2v) is 7.64. The van der Waals surface area contributed by atoms with Gasteiger partial charge in [-0.25, -0.2) is 13.1 Å². The molecule has 1 rings (SSSR count). The summed E-state index contributed by atoms with van der Waals surface area (Å²) in [5.41, 5.74) is 5.63. The van der Waals surface area contributed by atoms with Crippen LogP contribution in [0.5, 0.6) is 5.75 Å². The van der Waals surface area contributed by atoms with E-state index in [0.29, 0.717) is 22.6 Å². The van der Waals surface area contributed by atoms with E-state index < -0.39 is 10.0 Å². The minimum atomic E-state index is -3.61. The van der Waals surface area contributed by atoms with E-state index >= 15 is 0 Å². The van der Waals surface area contributed by atoms with E-state index in [2.05, 4.69) is 20.7 Å². The molecule has 0 spiro atoms. The summed E-state index contributed by atoms with van der Waals surface area (Å²) in [6, 6.07) is 4.45. The van der Waals surface area contributed by atoms with Gasteiger partial charge in [0.15, 0.2) is 0 Å². The molecule has 0 radical (unpaired) electrons. The Morgan fingerprint density at radius 3 is 2.43 bits per heavy atom. The molecule has 21 heavy (non-hydrogen) atoms. The van der Waals surface area contributed by atoms with E-state index in [1.807, 2.05) is 13.8 Å². The minimum Gasteiger partial charge on any atom is -0.497 e. The Labute approximate surface area is 141 Å². The van der Waals surface area contributed by atoms with Gasteiger partial charge in [-0.15, -0.1) is 12.4 Å². The molecular weight excluding hydrogens is 380 g/mol.